The summed E-state index contributed by atoms with van der Waals surface area (Å²) >= 11 is 0. The van der Waals surface area contributed by atoms with E-state index in [2.05, 4.69) is 4.98 Å². The second-order valence-electron chi connectivity index (χ2n) is 6.34. The van der Waals surface area contributed by atoms with Crippen LogP contribution in [0.4, 0.5) is 0 Å². The standard InChI is InChI=1S/C22H17N3O3/c26-21(24-28)17-12-10-15(11-13-17)14-25-19-9-5-4-8-18(19)23-20(22(25)27)16-6-2-1-3-7-16/h1-13,28H,14H2,(H,24,26). The number of amides is 1. The van der Waals surface area contributed by atoms with E-state index >= 15 is 0 Å². The molecule has 0 unspecified atom stereocenters. The van der Waals surface area contributed by atoms with Crippen LogP contribution in [0, 0.1) is 0 Å². The Balaban J connectivity index is 1.83. The van der Waals surface area contributed by atoms with E-state index in [4.69, 9.17) is 5.21 Å². The number of hydrogen-bond acceptors (Lipinski definition) is 4. The minimum absolute atomic E-state index is 0.179. The van der Waals surface area contributed by atoms with Crippen LogP contribution in [0.5, 0.6) is 0 Å². The summed E-state index contributed by atoms with van der Waals surface area (Å²) in [7, 11) is 0. The molecule has 0 spiro atoms. The molecule has 4 rings (SSSR count). The summed E-state index contributed by atoms with van der Waals surface area (Å²) < 4.78 is 1.69. The Morgan fingerprint density at radius 3 is 2.32 bits per heavy atom. The Morgan fingerprint density at radius 2 is 1.61 bits per heavy atom. The lowest BCUT2D eigenvalue weighted by atomic mass is 10.1. The zero-order valence-corrected chi connectivity index (χ0v) is 14.9. The van der Waals surface area contributed by atoms with E-state index in [0.29, 0.717) is 17.8 Å². The van der Waals surface area contributed by atoms with Gasteiger partial charge in [0.15, 0.2) is 0 Å². The SMILES string of the molecule is O=C(NO)c1ccc(Cn2c(=O)c(-c3ccccc3)nc3ccccc32)cc1. The number of para-hydroxylation sites is 2. The van der Waals surface area contributed by atoms with Gasteiger partial charge >= 0.3 is 0 Å². The predicted octanol–water partition coefficient (Wildman–Crippen LogP) is 3.23. The summed E-state index contributed by atoms with van der Waals surface area (Å²) in [6.07, 6.45) is 0. The van der Waals surface area contributed by atoms with Gasteiger partial charge in [-0.3, -0.25) is 14.8 Å². The first-order valence-corrected chi connectivity index (χ1v) is 8.76. The zero-order chi connectivity index (χ0) is 19.5. The van der Waals surface area contributed by atoms with Crippen molar-refractivity contribution in [2.75, 3.05) is 0 Å². The van der Waals surface area contributed by atoms with Gasteiger partial charge in [0, 0.05) is 11.1 Å². The zero-order valence-electron chi connectivity index (χ0n) is 14.9. The highest BCUT2D eigenvalue weighted by molar-refractivity contribution is 5.93. The lowest BCUT2D eigenvalue weighted by Crippen LogP contribution is -2.24. The van der Waals surface area contributed by atoms with Crippen LogP contribution in [0.25, 0.3) is 22.3 Å². The first-order chi connectivity index (χ1) is 13.7. The molecule has 0 fully saturated rings. The van der Waals surface area contributed by atoms with Gasteiger partial charge in [-0.1, -0.05) is 54.6 Å². The number of nitrogens with zero attached hydrogens (tertiary/aromatic N) is 2. The monoisotopic (exact) mass is 371 g/mol. The van der Waals surface area contributed by atoms with Gasteiger partial charge in [-0.15, -0.1) is 0 Å². The van der Waals surface area contributed by atoms with Crippen molar-refractivity contribution in [3.05, 3.63) is 100 Å². The highest BCUT2D eigenvalue weighted by Crippen LogP contribution is 2.18. The number of hydrogen-bond donors (Lipinski definition) is 2. The Kier molecular flexibility index (Phi) is 4.70. The molecule has 1 heterocycles. The number of aromatic nitrogens is 2. The van der Waals surface area contributed by atoms with Gasteiger partial charge in [0.1, 0.15) is 5.69 Å². The third kappa shape index (κ3) is 3.28. The molecule has 6 nitrogen and oxygen atoms in total. The molecule has 1 amide bonds. The van der Waals surface area contributed by atoms with Crippen molar-refractivity contribution < 1.29 is 10.0 Å². The molecule has 0 aliphatic heterocycles. The van der Waals surface area contributed by atoms with Crippen LogP contribution < -0.4 is 11.0 Å². The minimum atomic E-state index is -0.579. The van der Waals surface area contributed by atoms with Crippen molar-refractivity contribution in [1.29, 1.82) is 0 Å². The predicted molar refractivity (Wildman–Crippen MR) is 106 cm³/mol. The van der Waals surface area contributed by atoms with E-state index in [-0.39, 0.29) is 5.56 Å². The Morgan fingerprint density at radius 1 is 0.929 bits per heavy atom. The van der Waals surface area contributed by atoms with Crippen molar-refractivity contribution in [2.24, 2.45) is 0 Å². The van der Waals surface area contributed by atoms with Crippen molar-refractivity contribution in [1.82, 2.24) is 15.0 Å². The smallest absolute Gasteiger partial charge is 0.277 e. The van der Waals surface area contributed by atoms with Crippen LogP contribution in [0.3, 0.4) is 0 Å². The lowest BCUT2D eigenvalue weighted by molar-refractivity contribution is 0.0706. The van der Waals surface area contributed by atoms with Crippen LogP contribution in [-0.4, -0.2) is 20.7 Å². The van der Waals surface area contributed by atoms with Gasteiger partial charge in [0.2, 0.25) is 0 Å². The second kappa shape index (κ2) is 7.46. The summed E-state index contributed by atoms with van der Waals surface area (Å²) in [4.78, 5) is 29.3. The molecule has 6 heteroatoms. The van der Waals surface area contributed by atoms with E-state index in [1.807, 2.05) is 54.6 Å². The Labute approximate surface area is 160 Å². The maximum atomic E-state index is 13.2. The lowest BCUT2D eigenvalue weighted by Gasteiger charge is -2.13. The normalized spacial score (nSPS) is 10.8. The quantitative estimate of drug-likeness (QED) is 0.426. The van der Waals surface area contributed by atoms with E-state index in [1.54, 1.807) is 34.3 Å². The van der Waals surface area contributed by atoms with E-state index in [0.717, 1.165) is 22.2 Å². The van der Waals surface area contributed by atoms with Gasteiger partial charge in [-0.25, -0.2) is 10.5 Å². The van der Waals surface area contributed by atoms with Crippen molar-refractivity contribution in [3.63, 3.8) is 0 Å². The minimum Gasteiger partial charge on any atom is -0.300 e. The number of carbonyl (C=O) groups is 1. The Hall–Kier alpha value is -3.77. The first kappa shape index (κ1) is 17.6. The maximum Gasteiger partial charge on any atom is 0.277 e. The number of nitrogens with one attached hydrogen (secondary N) is 1. The highest BCUT2D eigenvalue weighted by atomic mass is 16.5. The molecule has 138 valence electrons. The first-order valence-electron chi connectivity index (χ1n) is 8.76. The van der Waals surface area contributed by atoms with Crippen LogP contribution in [0.1, 0.15) is 15.9 Å². The fraction of sp³-hybridized carbons (Fsp3) is 0.0455. The molecule has 0 radical (unpaired) electrons. The third-order valence-corrected chi connectivity index (χ3v) is 4.56. The van der Waals surface area contributed by atoms with E-state index in [9.17, 15) is 9.59 Å². The number of benzene rings is 3. The molecule has 0 aliphatic rings. The van der Waals surface area contributed by atoms with Crippen molar-refractivity contribution in [2.45, 2.75) is 6.54 Å². The number of hydroxylamine groups is 1. The topological polar surface area (TPSA) is 84.2 Å². The second-order valence-corrected chi connectivity index (χ2v) is 6.34. The van der Waals surface area contributed by atoms with Gasteiger partial charge in [-0.05, 0) is 29.8 Å². The summed E-state index contributed by atoms with van der Waals surface area (Å²) in [5, 5.41) is 8.73. The van der Waals surface area contributed by atoms with Crippen molar-refractivity contribution >= 4 is 16.9 Å². The van der Waals surface area contributed by atoms with Crippen LogP contribution in [0.2, 0.25) is 0 Å². The van der Waals surface area contributed by atoms with Gasteiger partial charge in [-0.2, -0.15) is 0 Å². The fourth-order valence-electron chi connectivity index (χ4n) is 3.14. The summed E-state index contributed by atoms with van der Waals surface area (Å²) in [6.45, 7) is 0.336. The largest absolute Gasteiger partial charge is 0.300 e. The van der Waals surface area contributed by atoms with Gasteiger partial charge in [0.25, 0.3) is 11.5 Å². The average Bonchev–Trinajstić information content (AvgIpc) is 2.76. The molecule has 0 saturated heterocycles. The molecule has 1 aromatic heterocycles. The van der Waals surface area contributed by atoms with E-state index < -0.39 is 5.91 Å². The van der Waals surface area contributed by atoms with Crippen LogP contribution in [0.15, 0.2) is 83.7 Å². The van der Waals surface area contributed by atoms with Gasteiger partial charge in [0.05, 0.1) is 17.6 Å². The molecule has 3 aromatic carbocycles. The maximum absolute atomic E-state index is 13.2. The molecular weight excluding hydrogens is 354 g/mol. The third-order valence-electron chi connectivity index (χ3n) is 4.56. The highest BCUT2D eigenvalue weighted by Gasteiger charge is 2.13. The molecule has 0 aliphatic carbocycles. The molecular formula is C22H17N3O3. The van der Waals surface area contributed by atoms with Crippen molar-refractivity contribution in [3.8, 4) is 11.3 Å². The number of carbonyl (C=O) groups excluding carboxylic acids is 1. The van der Waals surface area contributed by atoms with Gasteiger partial charge < -0.3 is 4.57 Å². The summed E-state index contributed by atoms with van der Waals surface area (Å²) in [5.74, 6) is -0.579. The summed E-state index contributed by atoms with van der Waals surface area (Å²) in [5.41, 5.74) is 5.26. The molecule has 4 aromatic rings. The molecule has 0 atom stereocenters. The molecule has 0 bridgehead atoms. The van der Waals surface area contributed by atoms with Crippen LogP contribution >= 0.6 is 0 Å². The summed E-state index contributed by atoms with van der Waals surface area (Å²) in [6, 6.07) is 23.6. The molecule has 28 heavy (non-hydrogen) atoms. The Bertz CT molecular complexity index is 1200. The molecule has 2 N–H and O–H groups in total. The fourth-order valence-corrected chi connectivity index (χ4v) is 3.14. The van der Waals surface area contributed by atoms with E-state index in [1.165, 1.54) is 0 Å². The van der Waals surface area contributed by atoms with Crippen LogP contribution in [-0.2, 0) is 6.54 Å². The average molecular weight is 371 g/mol. The molecule has 0 saturated carbocycles. The number of rotatable bonds is 4. The number of fused-ring (bicyclic) bond motifs is 1.